The van der Waals surface area contributed by atoms with Crippen molar-refractivity contribution in [1.82, 2.24) is 0 Å². The molecule has 2 aliphatic rings. The van der Waals surface area contributed by atoms with Crippen molar-refractivity contribution in [3.8, 4) is 11.5 Å². The van der Waals surface area contributed by atoms with E-state index in [1.807, 2.05) is 0 Å². The lowest BCUT2D eigenvalue weighted by molar-refractivity contribution is 0.483. The second-order valence-electron chi connectivity index (χ2n) is 24.2. The normalized spacial score (nSPS) is 13.1. The van der Waals surface area contributed by atoms with Crippen molar-refractivity contribution in [2.45, 2.75) is 99.3 Å². The van der Waals surface area contributed by atoms with E-state index in [2.05, 4.69) is 280 Å². The summed E-state index contributed by atoms with van der Waals surface area (Å²) in [5.41, 5.74) is 22.0. The van der Waals surface area contributed by atoms with E-state index in [0.29, 0.717) is 0 Å². The first-order valence-corrected chi connectivity index (χ1v) is 26.6. The van der Waals surface area contributed by atoms with Crippen LogP contribution in [0.15, 0.2) is 186 Å². The molecule has 2 aliphatic heterocycles. The van der Waals surface area contributed by atoms with Crippen LogP contribution in [-0.4, -0.2) is 6.71 Å². The average molecular weight is 980 g/mol. The topological polar surface area (TPSA) is 32.1 Å². The van der Waals surface area contributed by atoms with Gasteiger partial charge in [-0.1, -0.05) is 164 Å². The quantitative estimate of drug-likeness (QED) is 0.149. The van der Waals surface area contributed by atoms with Gasteiger partial charge in [0.05, 0.1) is 16.8 Å². The average Bonchev–Trinajstić information content (AvgIpc) is 3.86. The standard InChI is InChI=1S/C69H66BN3O2/c1-43-17-26-49(27-18-43)71(50-28-19-44(2)20-29-50)53-34-35-55-62(42-53)74-63-41-48(69(10,11)12)40-60-65(63)70(55)56-39-47(68(7,8)9)25-36-57(56)73(60)59-38-37-58(64-54-15-13-14-16-61(54)75-66(59)64)72(51-30-21-45(3)22-31-51)52-32-23-46(24-33-52)67(4,5)6/h13-42H,1-12H3. The summed E-state index contributed by atoms with van der Waals surface area (Å²) < 4.78 is 14.7. The van der Waals surface area contributed by atoms with Crippen molar-refractivity contribution in [2.24, 2.45) is 0 Å². The molecule has 0 bridgehead atoms. The van der Waals surface area contributed by atoms with Gasteiger partial charge >= 0.3 is 0 Å². The number of rotatable bonds is 7. The van der Waals surface area contributed by atoms with Gasteiger partial charge in [-0.2, -0.15) is 0 Å². The number of aryl methyl sites for hydroxylation is 3. The van der Waals surface area contributed by atoms with Crippen LogP contribution in [0.5, 0.6) is 11.5 Å². The van der Waals surface area contributed by atoms with E-state index in [-0.39, 0.29) is 23.0 Å². The van der Waals surface area contributed by atoms with Gasteiger partial charge < -0.3 is 23.9 Å². The molecule has 0 saturated heterocycles. The molecule has 0 saturated carbocycles. The minimum absolute atomic E-state index is 0.0183. The van der Waals surface area contributed by atoms with E-state index in [9.17, 15) is 0 Å². The molecule has 0 fully saturated rings. The molecule has 0 unspecified atom stereocenters. The third-order valence-corrected chi connectivity index (χ3v) is 15.6. The zero-order chi connectivity index (χ0) is 52.3. The summed E-state index contributed by atoms with van der Waals surface area (Å²) >= 11 is 0. The Balaban J connectivity index is 1.10. The first-order valence-electron chi connectivity index (χ1n) is 26.6. The van der Waals surface area contributed by atoms with Crippen molar-refractivity contribution in [3.05, 3.63) is 215 Å². The molecule has 12 rings (SSSR count). The summed E-state index contributed by atoms with van der Waals surface area (Å²) in [5.74, 6) is 1.74. The van der Waals surface area contributed by atoms with Crippen molar-refractivity contribution < 1.29 is 9.15 Å². The fraction of sp³-hybridized carbons (Fsp3) is 0.217. The van der Waals surface area contributed by atoms with Crippen LogP contribution in [0.1, 0.15) is 95.7 Å². The lowest BCUT2D eigenvalue weighted by Crippen LogP contribution is -2.59. The molecule has 0 aliphatic carbocycles. The SMILES string of the molecule is Cc1ccc(N(c2ccc(C)cc2)c2ccc3c(c2)Oc2cc(C(C)(C)C)cc4c2B3c2cc(C(C)(C)C)ccc2N4c2ccc(N(c3ccc(C)cc3)c3ccc(C(C)(C)C)cc3)c3c2oc2ccccc23)cc1. The molecule has 1 aromatic heterocycles. The van der Waals surface area contributed by atoms with Gasteiger partial charge in [-0.3, -0.25) is 0 Å². The Labute approximate surface area is 444 Å². The lowest BCUT2D eigenvalue weighted by atomic mass is 9.34. The fourth-order valence-corrected chi connectivity index (χ4v) is 11.3. The number of anilines is 9. The Bertz CT molecular complexity index is 3790. The third-order valence-electron chi connectivity index (χ3n) is 15.6. The lowest BCUT2D eigenvalue weighted by Gasteiger charge is -2.42. The maximum atomic E-state index is 7.40. The van der Waals surface area contributed by atoms with Crippen LogP contribution in [-0.2, 0) is 16.2 Å². The van der Waals surface area contributed by atoms with Crippen LogP contribution in [0.25, 0.3) is 21.9 Å². The highest BCUT2D eigenvalue weighted by molar-refractivity contribution is 6.99. The van der Waals surface area contributed by atoms with Gasteiger partial charge in [0, 0.05) is 51.3 Å². The largest absolute Gasteiger partial charge is 0.458 e. The van der Waals surface area contributed by atoms with Gasteiger partial charge in [-0.15, -0.1) is 0 Å². The molecule has 10 aromatic rings. The van der Waals surface area contributed by atoms with Crippen LogP contribution < -0.4 is 35.8 Å². The number of fused-ring (bicyclic) bond motifs is 7. The highest BCUT2D eigenvalue weighted by Crippen LogP contribution is 2.51. The molecule has 372 valence electrons. The number of ether oxygens (including phenoxy) is 1. The molecule has 9 aromatic carbocycles. The molecule has 0 radical (unpaired) electrons. The second-order valence-corrected chi connectivity index (χ2v) is 24.2. The Hall–Kier alpha value is -7.96. The van der Waals surface area contributed by atoms with Crippen molar-refractivity contribution in [1.29, 1.82) is 0 Å². The second kappa shape index (κ2) is 17.6. The van der Waals surface area contributed by atoms with E-state index in [1.54, 1.807) is 0 Å². The number of para-hydroxylation sites is 1. The predicted octanol–water partition coefficient (Wildman–Crippen LogP) is 17.7. The van der Waals surface area contributed by atoms with Crippen LogP contribution in [0.3, 0.4) is 0 Å². The summed E-state index contributed by atoms with van der Waals surface area (Å²) in [7, 11) is 0. The van der Waals surface area contributed by atoms with Crippen molar-refractivity contribution in [3.63, 3.8) is 0 Å². The van der Waals surface area contributed by atoms with Gasteiger partial charge in [0.25, 0.3) is 6.71 Å². The third kappa shape index (κ3) is 8.36. The molecule has 0 atom stereocenters. The summed E-state index contributed by atoms with van der Waals surface area (Å²) in [4.78, 5) is 7.22. The fourth-order valence-electron chi connectivity index (χ4n) is 11.3. The van der Waals surface area contributed by atoms with Crippen molar-refractivity contribution in [2.75, 3.05) is 14.7 Å². The van der Waals surface area contributed by atoms with E-state index < -0.39 is 0 Å². The van der Waals surface area contributed by atoms with Gasteiger partial charge in [-0.25, -0.2) is 0 Å². The van der Waals surface area contributed by atoms with E-state index in [4.69, 9.17) is 9.15 Å². The zero-order valence-corrected chi connectivity index (χ0v) is 45.6. The zero-order valence-electron chi connectivity index (χ0n) is 45.6. The number of hydrogen-bond donors (Lipinski definition) is 0. The molecule has 3 heterocycles. The molecular formula is C69H66BN3O2. The molecule has 0 amide bonds. The minimum Gasteiger partial charge on any atom is -0.458 e. The minimum atomic E-state index is -0.197. The van der Waals surface area contributed by atoms with E-state index >= 15 is 0 Å². The summed E-state index contributed by atoms with van der Waals surface area (Å²) in [5, 5.41) is 2.12. The van der Waals surface area contributed by atoms with Gasteiger partial charge in [0.1, 0.15) is 17.1 Å². The number of hydrogen-bond acceptors (Lipinski definition) is 5. The molecule has 75 heavy (non-hydrogen) atoms. The van der Waals surface area contributed by atoms with E-state index in [0.717, 1.165) is 95.5 Å². The molecular weight excluding hydrogens is 914 g/mol. The van der Waals surface area contributed by atoms with E-state index in [1.165, 1.54) is 38.8 Å². The molecule has 0 spiro atoms. The first kappa shape index (κ1) is 48.0. The van der Waals surface area contributed by atoms with Crippen LogP contribution >= 0.6 is 0 Å². The summed E-state index contributed by atoms with van der Waals surface area (Å²) in [6.45, 7) is 27.0. The highest BCUT2D eigenvalue weighted by atomic mass is 16.5. The maximum Gasteiger partial charge on any atom is 0.256 e. The van der Waals surface area contributed by atoms with Crippen LogP contribution in [0.2, 0.25) is 0 Å². The van der Waals surface area contributed by atoms with Crippen LogP contribution in [0, 0.1) is 20.8 Å². The highest BCUT2D eigenvalue weighted by Gasteiger charge is 2.44. The predicted molar refractivity (Wildman–Crippen MR) is 319 cm³/mol. The molecule has 6 heteroatoms. The Morgan fingerprint density at radius 3 is 1.52 bits per heavy atom. The summed E-state index contributed by atoms with van der Waals surface area (Å²) in [6.07, 6.45) is 0. The Morgan fingerprint density at radius 2 is 0.933 bits per heavy atom. The monoisotopic (exact) mass is 980 g/mol. The Kier molecular flexibility index (Phi) is 11.3. The molecule has 0 N–H and O–H groups in total. The van der Waals surface area contributed by atoms with Gasteiger partial charge in [-0.05, 0) is 161 Å². The number of furan rings is 1. The summed E-state index contributed by atoms with van der Waals surface area (Å²) in [6, 6.07) is 67.4. The maximum absolute atomic E-state index is 7.40. The smallest absolute Gasteiger partial charge is 0.256 e. The van der Waals surface area contributed by atoms with Gasteiger partial charge in [0.15, 0.2) is 5.58 Å². The number of nitrogens with zero attached hydrogens (tertiary/aromatic N) is 3. The van der Waals surface area contributed by atoms with Gasteiger partial charge in [0.2, 0.25) is 0 Å². The number of benzene rings is 9. The Morgan fingerprint density at radius 1 is 0.413 bits per heavy atom. The first-order chi connectivity index (χ1) is 35.8. The molecule has 5 nitrogen and oxygen atoms in total. The van der Waals surface area contributed by atoms with Crippen LogP contribution in [0.4, 0.5) is 51.2 Å². The van der Waals surface area contributed by atoms with Crippen molar-refractivity contribution >= 4 is 96.2 Å².